The maximum atomic E-state index is 11.6. The number of para-hydroxylation sites is 1. The summed E-state index contributed by atoms with van der Waals surface area (Å²) in [4.78, 5) is 11.6. The average Bonchev–Trinajstić information content (AvgIpc) is 2.39. The summed E-state index contributed by atoms with van der Waals surface area (Å²) in [6, 6.07) is 6.97. The zero-order valence-electron chi connectivity index (χ0n) is 10.4. The molecule has 0 amide bonds. The number of ether oxygens (including phenoxy) is 3. The van der Waals surface area contributed by atoms with Crippen molar-refractivity contribution >= 4 is 17.6 Å². The Bertz CT molecular complexity index is 368. The van der Waals surface area contributed by atoms with E-state index in [9.17, 15) is 4.79 Å². The third-order valence-corrected chi connectivity index (χ3v) is 2.24. The van der Waals surface area contributed by atoms with E-state index >= 15 is 0 Å². The molecule has 1 aromatic rings. The lowest BCUT2D eigenvalue weighted by molar-refractivity contribution is 0.0518. The third kappa shape index (κ3) is 4.94. The summed E-state index contributed by atoms with van der Waals surface area (Å²) in [5.74, 6) is 0.583. The van der Waals surface area contributed by atoms with Gasteiger partial charge in [0.2, 0.25) is 0 Å². The Kier molecular flexibility index (Phi) is 7.22. The first-order valence-corrected chi connectivity index (χ1v) is 6.35. The fourth-order valence-corrected chi connectivity index (χ4v) is 1.45. The van der Waals surface area contributed by atoms with Crippen molar-refractivity contribution in [3.05, 3.63) is 29.8 Å². The first-order valence-electron chi connectivity index (χ1n) is 5.82. The molecular formula is C13H17ClO4. The summed E-state index contributed by atoms with van der Waals surface area (Å²) < 4.78 is 15.6. The van der Waals surface area contributed by atoms with Gasteiger partial charge < -0.3 is 14.2 Å². The van der Waals surface area contributed by atoms with Gasteiger partial charge in [-0.15, -0.1) is 11.6 Å². The molecule has 0 unspecified atom stereocenters. The number of hydrogen-bond donors (Lipinski definition) is 0. The van der Waals surface area contributed by atoms with Gasteiger partial charge in [-0.05, 0) is 19.1 Å². The summed E-state index contributed by atoms with van der Waals surface area (Å²) in [6.07, 6.45) is 0. The topological polar surface area (TPSA) is 44.8 Å². The molecule has 0 aliphatic rings. The summed E-state index contributed by atoms with van der Waals surface area (Å²) in [5.41, 5.74) is 0.427. The molecule has 4 nitrogen and oxygen atoms in total. The molecule has 1 rings (SSSR count). The van der Waals surface area contributed by atoms with Crippen LogP contribution in [0.15, 0.2) is 24.3 Å². The molecule has 0 bridgehead atoms. The van der Waals surface area contributed by atoms with E-state index in [-0.39, 0.29) is 5.97 Å². The van der Waals surface area contributed by atoms with Gasteiger partial charge in [-0.2, -0.15) is 0 Å². The molecule has 0 saturated carbocycles. The minimum atomic E-state index is -0.380. The molecule has 0 N–H and O–H groups in total. The molecule has 0 fully saturated rings. The van der Waals surface area contributed by atoms with E-state index in [2.05, 4.69) is 0 Å². The van der Waals surface area contributed by atoms with Crippen LogP contribution in [0.3, 0.4) is 0 Å². The Morgan fingerprint density at radius 1 is 1.22 bits per heavy atom. The van der Waals surface area contributed by atoms with E-state index in [1.807, 2.05) is 0 Å². The Balaban J connectivity index is 2.51. The summed E-state index contributed by atoms with van der Waals surface area (Å²) in [5, 5.41) is 0. The zero-order valence-corrected chi connectivity index (χ0v) is 11.1. The molecule has 0 spiro atoms. The lowest BCUT2D eigenvalue weighted by atomic mass is 10.2. The van der Waals surface area contributed by atoms with Crippen molar-refractivity contribution < 1.29 is 19.0 Å². The zero-order chi connectivity index (χ0) is 13.2. The summed E-state index contributed by atoms with van der Waals surface area (Å²) in [6.45, 7) is 3.40. The van der Waals surface area contributed by atoms with Gasteiger partial charge in [0.1, 0.15) is 17.9 Å². The van der Waals surface area contributed by atoms with Gasteiger partial charge >= 0.3 is 5.97 Å². The van der Waals surface area contributed by atoms with Crippen molar-refractivity contribution in [2.75, 3.05) is 32.3 Å². The van der Waals surface area contributed by atoms with Crippen molar-refractivity contribution in [1.29, 1.82) is 0 Å². The fourth-order valence-electron chi connectivity index (χ4n) is 1.34. The Hall–Kier alpha value is -1.26. The van der Waals surface area contributed by atoms with Crippen LogP contribution in [0.2, 0.25) is 0 Å². The minimum absolute atomic E-state index is 0.339. The van der Waals surface area contributed by atoms with Gasteiger partial charge in [0.25, 0.3) is 0 Å². The van der Waals surface area contributed by atoms with Crippen LogP contribution in [0, 0.1) is 0 Å². The third-order valence-electron chi connectivity index (χ3n) is 2.09. The number of hydrogen-bond acceptors (Lipinski definition) is 4. The highest BCUT2D eigenvalue weighted by Gasteiger charge is 2.12. The number of carbonyl (C=O) groups excluding carboxylic acids is 1. The smallest absolute Gasteiger partial charge is 0.341 e. The Morgan fingerprint density at radius 3 is 2.72 bits per heavy atom. The largest absolute Gasteiger partial charge is 0.490 e. The van der Waals surface area contributed by atoms with E-state index in [0.717, 1.165) is 0 Å². The van der Waals surface area contributed by atoms with Crippen LogP contribution < -0.4 is 4.74 Å². The summed E-state index contributed by atoms with van der Waals surface area (Å²) >= 11 is 5.47. The maximum absolute atomic E-state index is 11.6. The molecule has 1 aromatic carbocycles. The Morgan fingerprint density at radius 2 is 2.00 bits per heavy atom. The lowest BCUT2D eigenvalue weighted by Crippen LogP contribution is -2.11. The monoisotopic (exact) mass is 272 g/mol. The van der Waals surface area contributed by atoms with Crippen LogP contribution in [0.1, 0.15) is 17.3 Å². The molecule has 5 heteroatoms. The molecule has 0 aromatic heterocycles. The summed E-state index contributed by atoms with van der Waals surface area (Å²) in [7, 11) is 0. The van der Waals surface area contributed by atoms with Crippen LogP contribution in [0.5, 0.6) is 5.75 Å². The number of carbonyl (C=O) groups is 1. The molecule has 100 valence electrons. The first-order chi connectivity index (χ1) is 8.79. The van der Waals surface area contributed by atoms with Crippen molar-refractivity contribution in [2.24, 2.45) is 0 Å². The van der Waals surface area contributed by atoms with E-state index in [4.69, 9.17) is 25.8 Å². The quantitative estimate of drug-likeness (QED) is 0.414. The minimum Gasteiger partial charge on any atom is -0.490 e. The number of halogens is 1. The first kappa shape index (κ1) is 14.8. The van der Waals surface area contributed by atoms with Crippen molar-refractivity contribution in [1.82, 2.24) is 0 Å². The SMILES string of the molecule is CCOC(=O)c1ccccc1OCCOCCCl. The second kappa shape index (κ2) is 8.78. The molecule has 18 heavy (non-hydrogen) atoms. The van der Waals surface area contributed by atoms with Crippen LogP contribution in [0.25, 0.3) is 0 Å². The number of esters is 1. The van der Waals surface area contributed by atoms with Gasteiger partial charge in [0, 0.05) is 5.88 Å². The van der Waals surface area contributed by atoms with E-state index in [1.54, 1.807) is 31.2 Å². The molecule has 0 saturated heterocycles. The lowest BCUT2D eigenvalue weighted by Gasteiger charge is -2.10. The van der Waals surface area contributed by atoms with Crippen molar-refractivity contribution in [3.63, 3.8) is 0 Å². The standard InChI is InChI=1S/C13H17ClO4/c1-2-17-13(15)11-5-3-4-6-12(11)18-10-9-16-8-7-14/h3-6H,2,7-10H2,1H3. The predicted octanol–water partition coefficient (Wildman–Crippen LogP) is 2.50. The van der Waals surface area contributed by atoms with E-state index in [0.29, 0.717) is 43.6 Å². The van der Waals surface area contributed by atoms with Gasteiger partial charge in [-0.25, -0.2) is 4.79 Å². The molecule has 0 atom stereocenters. The highest BCUT2D eigenvalue weighted by Crippen LogP contribution is 2.18. The van der Waals surface area contributed by atoms with Gasteiger partial charge in [-0.3, -0.25) is 0 Å². The normalized spacial score (nSPS) is 10.1. The fraction of sp³-hybridized carbons (Fsp3) is 0.462. The van der Waals surface area contributed by atoms with Gasteiger partial charge in [0.15, 0.2) is 0 Å². The van der Waals surface area contributed by atoms with Crippen LogP contribution in [0.4, 0.5) is 0 Å². The molecular weight excluding hydrogens is 256 g/mol. The molecule has 0 aliphatic heterocycles. The Labute approximate surface area is 112 Å². The average molecular weight is 273 g/mol. The second-order valence-electron chi connectivity index (χ2n) is 3.37. The van der Waals surface area contributed by atoms with Crippen molar-refractivity contribution in [3.8, 4) is 5.75 Å². The second-order valence-corrected chi connectivity index (χ2v) is 3.74. The number of alkyl halides is 1. The molecule has 0 aliphatic carbocycles. The predicted molar refractivity (Wildman–Crippen MR) is 69.4 cm³/mol. The van der Waals surface area contributed by atoms with E-state index < -0.39 is 0 Å². The van der Waals surface area contributed by atoms with Crippen molar-refractivity contribution in [2.45, 2.75) is 6.92 Å². The highest BCUT2D eigenvalue weighted by atomic mass is 35.5. The highest BCUT2D eigenvalue weighted by molar-refractivity contribution is 6.17. The molecule has 0 heterocycles. The van der Waals surface area contributed by atoms with Crippen LogP contribution >= 0.6 is 11.6 Å². The van der Waals surface area contributed by atoms with Gasteiger partial charge in [0.05, 0.1) is 19.8 Å². The molecule has 0 radical (unpaired) electrons. The number of rotatable bonds is 8. The van der Waals surface area contributed by atoms with Gasteiger partial charge in [-0.1, -0.05) is 12.1 Å². The van der Waals surface area contributed by atoms with E-state index in [1.165, 1.54) is 0 Å². The van der Waals surface area contributed by atoms with Crippen LogP contribution in [-0.2, 0) is 9.47 Å². The number of benzene rings is 1. The van der Waals surface area contributed by atoms with Crippen LogP contribution in [-0.4, -0.2) is 38.3 Å². The maximum Gasteiger partial charge on any atom is 0.341 e.